The van der Waals surface area contributed by atoms with Gasteiger partial charge in [-0.2, -0.15) is 5.10 Å². The van der Waals surface area contributed by atoms with Gasteiger partial charge in [-0.1, -0.05) is 13.8 Å². The Labute approximate surface area is 154 Å². The number of ether oxygens (including phenoxy) is 1. The van der Waals surface area contributed by atoms with Gasteiger partial charge >= 0.3 is 5.97 Å². The third-order valence-corrected chi connectivity index (χ3v) is 5.91. The van der Waals surface area contributed by atoms with Crippen LogP contribution in [-0.2, 0) is 4.74 Å². The molecule has 0 aliphatic heterocycles. The summed E-state index contributed by atoms with van der Waals surface area (Å²) in [5.74, 6) is 0.0116. The van der Waals surface area contributed by atoms with Crippen LogP contribution in [-0.4, -0.2) is 32.7 Å². The number of methoxy groups -OCH3 is 1. The molecule has 0 saturated carbocycles. The molecule has 0 spiro atoms. The molecule has 0 bridgehead atoms. The average Bonchev–Trinajstić information content (AvgIpc) is 3.28. The third kappa shape index (κ3) is 2.34. The monoisotopic (exact) mass is 368 g/mol. The number of esters is 1. The van der Waals surface area contributed by atoms with Crippen LogP contribution in [0.4, 0.5) is 0 Å². The fourth-order valence-electron chi connectivity index (χ4n) is 3.55. The lowest BCUT2D eigenvalue weighted by atomic mass is 9.95. The predicted octanol–water partition coefficient (Wildman–Crippen LogP) is 4.47. The zero-order valence-electron chi connectivity index (χ0n) is 15.4. The van der Waals surface area contributed by atoms with Crippen molar-refractivity contribution in [3.8, 4) is 11.3 Å². The molecule has 0 aliphatic carbocycles. The number of nitrogens with one attached hydrogen (secondary N) is 1. The second-order valence-electron chi connectivity index (χ2n) is 6.76. The first kappa shape index (κ1) is 16.8. The summed E-state index contributed by atoms with van der Waals surface area (Å²) in [5.41, 5.74) is 6.24. The standard InChI is InChI=1S/C19H20N4O2S/c1-9(2)13-14-11(4)16(19(24)25-5)26-18(14)22-15(13)12-6-10(3)17-20-8-21-23(17)7-12/h6-9,22H,1-5H3. The molecule has 0 saturated heterocycles. The highest BCUT2D eigenvalue weighted by atomic mass is 32.1. The van der Waals surface area contributed by atoms with E-state index in [1.807, 2.05) is 20.0 Å². The maximum absolute atomic E-state index is 12.1. The van der Waals surface area contributed by atoms with E-state index in [2.05, 4.69) is 35.0 Å². The number of aromatic amines is 1. The zero-order chi connectivity index (χ0) is 18.6. The summed E-state index contributed by atoms with van der Waals surface area (Å²) >= 11 is 1.45. The molecule has 4 aromatic heterocycles. The van der Waals surface area contributed by atoms with Crippen molar-refractivity contribution < 1.29 is 9.53 Å². The molecule has 0 aliphatic rings. The van der Waals surface area contributed by atoms with Gasteiger partial charge in [0.15, 0.2) is 5.65 Å². The molecule has 134 valence electrons. The summed E-state index contributed by atoms with van der Waals surface area (Å²) in [6, 6.07) is 2.13. The van der Waals surface area contributed by atoms with Gasteiger partial charge in [-0.25, -0.2) is 14.3 Å². The van der Waals surface area contributed by atoms with Crippen LogP contribution in [0.15, 0.2) is 18.6 Å². The summed E-state index contributed by atoms with van der Waals surface area (Å²) in [4.78, 5) is 21.5. The smallest absolute Gasteiger partial charge is 0.348 e. The highest BCUT2D eigenvalue weighted by Gasteiger charge is 2.24. The van der Waals surface area contributed by atoms with Crippen LogP contribution in [0.1, 0.15) is 46.1 Å². The van der Waals surface area contributed by atoms with Crippen molar-refractivity contribution in [2.75, 3.05) is 7.11 Å². The third-order valence-electron chi connectivity index (χ3n) is 4.72. The number of aromatic nitrogens is 4. The Hall–Kier alpha value is -2.67. The first-order valence-corrected chi connectivity index (χ1v) is 9.27. The van der Waals surface area contributed by atoms with E-state index in [0.717, 1.165) is 38.2 Å². The number of thiophene rings is 1. The quantitative estimate of drug-likeness (QED) is 0.542. The number of rotatable bonds is 3. The molecular formula is C19H20N4O2S. The first-order chi connectivity index (χ1) is 12.4. The molecule has 0 radical (unpaired) electrons. The number of fused-ring (bicyclic) bond motifs is 2. The zero-order valence-corrected chi connectivity index (χ0v) is 16.2. The van der Waals surface area contributed by atoms with E-state index in [4.69, 9.17) is 4.74 Å². The van der Waals surface area contributed by atoms with Crippen molar-refractivity contribution in [2.24, 2.45) is 0 Å². The van der Waals surface area contributed by atoms with E-state index in [0.29, 0.717) is 10.8 Å². The second-order valence-corrected chi connectivity index (χ2v) is 7.78. The topological polar surface area (TPSA) is 72.3 Å². The Morgan fingerprint density at radius 1 is 1.35 bits per heavy atom. The molecule has 0 fully saturated rings. The van der Waals surface area contributed by atoms with Crippen LogP contribution in [0.3, 0.4) is 0 Å². The molecule has 0 atom stereocenters. The van der Waals surface area contributed by atoms with Crippen LogP contribution in [0.2, 0.25) is 0 Å². The number of carbonyl (C=O) groups excluding carboxylic acids is 1. The van der Waals surface area contributed by atoms with E-state index in [-0.39, 0.29) is 5.97 Å². The lowest BCUT2D eigenvalue weighted by molar-refractivity contribution is 0.0605. The van der Waals surface area contributed by atoms with E-state index in [9.17, 15) is 4.79 Å². The van der Waals surface area contributed by atoms with Gasteiger partial charge in [0.2, 0.25) is 0 Å². The predicted molar refractivity (Wildman–Crippen MR) is 103 cm³/mol. The van der Waals surface area contributed by atoms with Crippen LogP contribution < -0.4 is 0 Å². The molecule has 7 heteroatoms. The minimum Gasteiger partial charge on any atom is -0.465 e. The molecule has 4 rings (SSSR count). The number of carbonyl (C=O) groups is 1. The van der Waals surface area contributed by atoms with Crippen molar-refractivity contribution in [1.29, 1.82) is 0 Å². The van der Waals surface area contributed by atoms with Gasteiger partial charge in [0, 0.05) is 17.1 Å². The van der Waals surface area contributed by atoms with Crippen molar-refractivity contribution in [3.05, 3.63) is 40.2 Å². The van der Waals surface area contributed by atoms with Gasteiger partial charge in [0.05, 0.1) is 12.8 Å². The maximum Gasteiger partial charge on any atom is 0.348 e. The Kier molecular flexibility index (Phi) is 3.84. The van der Waals surface area contributed by atoms with Crippen molar-refractivity contribution in [1.82, 2.24) is 19.6 Å². The Balaban J connectivity index is 2.00. The van der Waals surface area contributed by atoms with Crippen LogP contribution >= 0.6 is 11.3 Å². The summed E-state index contributed by atoms with van der Waals surface area (Å²) in [5, 5.41) is 5.40. The second kappa shape index (κ2) is 5.95. The van der Waals surface area contributed by atoms with Gasteiger partial charge in [0.25, 0.3) is 0 Å². The first-order valence-electron chi connectivity index (χ1n) is 8.46. The maximum atomic E-state index is 12.1. The fraction of sp³-hybridized carbons (Fsp3) is 0.316. The van der Waals surface area contributed by atoms with Gasteiger partial charge in [-0.3, -0.25) is 0 Å². The lowest BCUT2D eigenvalue weighted by Gasteiger charge is -2.10. The van der Waals surface area contributed by atoms with Crippen LogP contribution in [0, 0.1) is 13.8 Å². The minimum atomic E-state index is -0.284. The summed E-state index contributed by atoms with van der Waals surface area (Å²) in [7, 11) is 1.42. The van der Waals surface area contributed by atoms with Crippen LogP contribution in [0.25, 0.3) is 27.1 Å². The Morgan fingerprint density at radius 2 is 2.12 bits per heavy atom. The van der Waals surface area contributed by atoms with Gasteiger partial charge in [-0.05, 0) is 42.5 Å². The number of H-pyrrole nitrogens is 1. The number of hydrogen-bond acceptors (Lipinski definition) is 5. The molecule has 26 heavy (non-hydrogen) atoms. The SMILES string of the molecule is COC(=O)c1sc2[nH]c(-c3cc(C)c4ncnn4c3)c(C(C)C)c2c1C. The average molecular weight is 368 g/mol. The van der Waals surface area contributed by atoms with Crippen molar-refractivity contribution in [2.45, 2.75) is 33.6 Å². The van der Waals surface area contributed by atoms with E-state index in [1.54, 1.807) is 10.8 Å². The fourth-order valence-corrected chi connectivity index (χ4v) is 4.70. The highest BCUT2D eigenvalue weighted by Crippen LogP contribution is 2.42. The summed E-state index contributed by atoms with van der Waals surface area (Å²) in [6.45, 7) is 8.36. The molecule has 0 amide bonds. The number of pyridine rings is 1. The number of hydrogen-bond donors (Lipinski definition) is 1. The van der Waals surface area contributed by atoms with E-state index < -0.39 is 0 Å². The molecule has 4 heterocycles. The molecule has 1 N–H and O–H groups in total. The Bertz CT molecular complexity index is 1150. The molecular weight excluding hydrogens is 348 g/mol. The highest BCUT2D eigenvalue weighted by molar-refractivity contribution is 7.20. The van der Waals surface area contributed by atoms with Gasteiger partial charge in [-0.15, -0.1) is 11.3 Å². The summed E-state index contributed by atoms with van der Waals surface area (Å²) in [6.07, 6.45) is 3.56. The minimum absolute atomic E-state index is 0.284. The van der Waals surface area contributed by atoms with Crippen LogP contribution in [0.5, 0.6) is 0 Å². The molecule has 0 unspecified atom stereocenters. The van der Waals surface area contributed by atoms with Gasteiger partial charge < -0.3 is 9.72 Å². The number of aryl methyl sites for hydroxylation is 2. The largest absolute Gasteiger partial charge is 0.465 e. The van der Waals surface area contributed by atoms with E-state index in [1.165, 1.54) is 24.0 Å². The number of nitrogens with zero attached hydrogens (tertiary/aromatic N) is 3. The van der Waals surface area contributed by atoms with Gasteiger partial charge in [0.1, 0.15) is 16.0 Å². The summed E-state index contributed by atoms with van der Waals surface area (Å²) < 4.78 is 6.73. The normalized spacial score (nSPS) is 11.8. The van der Waals surface area contributed by atoms with Crippen molar-refractivity contribution >= 4 is 33.2 Å². The lowest BCUT2D eigenvalue weighted by Crippen LogP contribution is -2.00. The van der Waals surface area contributed by atoms with Crippen molar-refractivity contribution in [3.63, 3.8) is 0 Å². The van der Waals surface area contributed by atoms with E-state index >= 15 is 0 Å². The Morgan fingerprint density at radius 3 is 2.81 bits per heavy atom. The molecule has 0 aromatic carbocycles. The molecule has 6 nitrogen and oxygen atoms in total. The molecule has 4 aromatic rings.